The van der Waals surface area contributed by atoms with Crippen molar-refractivity contribution >= 4 is 29.2 Å². The van der Waals surface area contributed by atoms with Gasteiger partial charge in [-0.3, -0.25) is 5.43 Å². The van der Waals surface area contributed by atoms with Gasteiger partial charge in [-0.2, -0.15) is 5.10 Å². The van der Waals surface area contributed by atoms with E-state index in [0.29, 0.717) is 22.7 Å². The van der Waals surface area contributed by atoms with E-state index in [0.717, 1.165) is 37.2 Å². The maximum Gasteiger partial charge on any atom is 0.191 e. The highest BCUT2D eigenvalue weighted by atomic mass is 32.1. The highest BCUT2D eigenvalue weighted by Gasteiger charge is 2.18. The normalized spacial score (nSPS) is 16.2. The number of hydrogen-bond donors (Lipinski definition) is 2. The van der Waals surface area contributed by atoms with Crippen LogP contribution in [0.15, 0.2) is 29.4 Å². The summed E-state index contributed by atoms with van der Waals surface area (Å²) in [5, 5.41) is 7.76. The van der Waals surface area contributed by atoms with Crippen LogP contribution in [0.1, 0.15) is 29.8 Å². The van der Waals surface area contributed by atoms with Gasteiger partial charge in [0, 0.05) is 41.9 Å². The van der Waals surface area contributed by atoms with Crippen LogP contribution in [0.4, 0.5) is 5.69 Å². The summed E-state index contributed by atoms with van der Waals surface area (Å²) in [5.41, 5.74) is 7.07. The third-order valence-electron chi connectivity index (χ3n) is 5.03. The zero-order valence-electron chi connectivity index (χ0n) is 17.3. The molecule has 1 saturated heterocycles. The van der Waals surface area contributed by atoms with E-state index in [1.54, 1.807) is 20.4 Å². The van der Waals surface area contributed by atoms with Crippen molar-refractivity contribution in [3.05, 3.63) is 41.2 Å². The Labute approximate surface area is 177 Å². The molecule has 0 amide bonds. The molecule has 7 nitrogen and oxygen atoms in total. The van der Waals surface area contributed by atoms with Gasteiger partial charge in [-0.15, -0.1) is 0 Å². The highest BCUT2D eigenvalue weighted by Crippen LogP contribution is 2.29. The van der Waals surface area contributed by atoms with E-state index in [1.165, 1.54) is 11.4 Å². The van der Waals surface area contributed by atoms with Gasteiger partial charge in [-0.1, -0.05) is 0 Å². The van der Waals surface area contributed by atoms with E-state index in [2.05, 4.69) is 40.3 Å². The number of hydrogen-bond acceptors (Lipinski definition) is 5. The van der Waals surface area contributed by atoms with Crippen molar-refractivity contribution < 1.29 is 14.2 Å². The fraction of sp³-hybridized carbons (Fsp3) is 0.429. The molecule has 0 unspecified atom stereocenters. The van der Waals surface area contributed by atoms with Crippen LogP contribution in [-0.4, -0.2) is 42.8 Å². The number of aryl methyl sites for hydroxylation is 1. The Hall–Kier alpha value is -2.58. The predicted octanol–water partition coefficient (Wildman–Crippen LogP) is 3.62. The van der Waals surface area contributed by atoms with Crippen LogP contribution in [-0.2, 0) is 11.3 Å². The van der Waals surface area contributed by atoms with Crippen LogP contribution >= 0.6 is 12.2 Å². The second-order valence-corrected chi connectivity index (χ2v) is 7.37. The Balaban J connectivity index is 1.59. The Bertz CT molecular complexity index is 888. The van der Waals surface area contributed by atoms with Crippen molar-refractivity contribution in [2.45, 2.75) is 39.3 Å². The fourth-order valence-corrected chi connectivity index (χ4v) is 3.64. The molecule has 1 aliphatic heterocycles. The molecule has 1 aromatic heterocycles. The summed E-state index contributed by atoms with van der Waals surface area (Å²) >= 11 is 5.32. The molecule has 2 aromatic rings. The van der Waals surface area contributed by atoms with E-state index in [4.69, 9.17) is 26.4 Å². The molecule has 0 saturated carbocycles. The summed E-state index contributed by atoms with van der Waals surface area (Å²) in [4.78, 5) is 0. The third-order valence-corrected chi connectivity index (χ3v) is 5.23. The Morgan fingerprint density at radius 3 is 2.76 bits per heavy atom. The van der Waals surface area contributed by atoms with Gasteiger partial charge in [0.1, 0.15) is 0 Å². The highest BCUT2D eigenvalue weighted by molar-refractivity contribution is 7.80. The second-order valence-electron chi connectivity index (χ2n) is 6.97. The van der Waals surface area contributed by atoms with Gasteiger partial charge in [-0.25, -0.2) is 0 Å². The third kappa shape index (κ3) is 5.27. The first kappa shape index (κ1) is 21.1. The smallest absolute Gasteiger partial charge is 0.191 e. The molecule has 1 fully saturated rings. The number of aromatic nitrogens is 1. The lowest BCUT2D eigenvalue weighted by atomic mass is 10.2. The van der Waals surface area contributed by atoms with Gasteiger partial charge >= 0.3 is 0 Å². The molecule has 1 aromatic carbocycles. The summed E-state index contributed by atoms with van der Waals surface area (Å²) in [7, 11) is 3.20. The molecule has 1 aliphatic rings. The lowest BCUT2D eigenvalue weighted by molar-refractivity contribution is 0.0962. The van der Waals surface area contributed by atoms with Crippen LogP contribution in [0.5, 0.6) is 11.5 Å². The number of methoxy groups -OCH3 is 2. The van der Waals surface area contributed by atoms with Gasteiger partial charge in [0.05, 0.1) is 26.5 Å². The molecule has 0 radical (unpaired) electrons. The first-order chi connectivity index (χ1) is 14.0. The fourth-order valence-electron chi connectivity index (χ4n) is 3.46. The van der Waals surface area contributed by atoms with Crippen LogP contribution in [0, 0.1) is 13.8 Å². The Morgan fingerprint density at radius 2 is 2.07 bits per heavy atom. The number of benzene rings is 1. The number of nitrogens with zero attached hydrogens (tertiary/aromatic N) is 2. The molecule has 0 spiro atoms. The van der Waals surface area contributed by atoms with E-state index < -0.39 is 0 Å². The van der Waals surface area contributed by atoms with Crippen molar-refractivity contribution in [2.75, 3.05) is 26.1 Å². The van der Waals surface area contributed by atoms with Crippen molar-refractivity contribution in [2.24, 2.45) is 5.10 Å². The first-order valence-electron chi connectivity index (χ1n) is 9.62. The number of rotatable bonds is 7. The summed E-state index contributed by atoms with van der Waals surface area (Å²) in [6, 6.07) is 7.61. The minimum atomic E-state index is 0.306. The minimum Gasteiger partial charge on any atom is -0.493 e. The predicted molar refractivity (Wildman–Crippen MR) is 119 cm³/mol. The van der Waals surface area contributed by atoms with E-state index >= 15 is 0 Å². The van der Waals surface area contributed by atoms with E-state index in [1.807, 2.05) is 18.2 Å². The largest absolute Gasteiger partial charge is 0.493 e. The van der Waals surface area contributed by atoms with Crippen molar-refractivity contribution in [1.29, 1.82) is 0 Å². The topological polar surface area (TPSA) is 69.0 Å². The minimum absolute atomic E-state index is 0.306. The second kappa shape index (κ2) is 9.76. The first-order valence-corrected chi connectivity index (χ1v) is 10.0. The lowest BCUT2D eigenvalue weighted by Gasteiger charge is -2.14. The summed E-state index contributed by atoms with van der Waals surface area (Å²) in [6.07, 6.45) is 4.36. The Morgan fingerprint density at radius 1 is 1.28 bits per heavy atom. The summed E-state index contributed by atoms with van der Waals surface area (Å²) < 4.78 is 18.6. The summed E-state index contributed by atoms with van der Waals surface area (Å²) in [6.45, 7) is 5.96. The molecule has 0 bridgehead atoms. The SMILES string of the molecule is COc1ccc(NC(=S)N/N=C\c2cc(C)n(C[C@@H]3CCCO3)c2C)cc1OC. The van der Waals surface area contributed by atoms with E-state index in [-0.39, 0.29) is 0 Å². The van der Waals surface area contributed by atoms with Gasteiger partial charge in [0.25, 0.3) is 0 Å². The lowest BCUT2D eigenvalue weighted by Crippen LogP contribution is -2.23. The molecule has 156 valence electrons. The van der Waals surface area contributed by atoms with Gasteiger partial charge < -0.3 is 24.1 Å². The number of hydrazone groups is 1. The van der Waals surface area contributed by atoms with E-state index in [9.17, 15) is 0 Å². The van der Waals surface area contributed by atoms with Crippen molar-refractivity contribution in [3.63, 3.8) is 0 Å². The maximum atomic E-state index is 5.77. The molecular weight excluding hydrogens is 388 g/mol. The molecule has 2 heterocycles. The molecule has 29 heavy (non-hydrogen) atoms. The summed E-state index contributed by atoms with van der Waals surface area (Å²) in [5.74, 6) is 1.29. The van der Waals surface area contributed by atoms with Crippen molar-refractivity contribution in [3.8, 4) is 11.5 Å². The van der Waals surface area contributed by atoms with Crippen molar-refractivity contribution in [1.82, 2.24) is 9.99 Å². The standard InChI is InChI=1S/C21H28N4O3S/c1-14-10-16(15(2)25(14)13-18-6-5-9-28-18)12-22-24-21(29)23-17-7-8-19(26-3)20(11-17)27-4/h7-8,10-12,18H,5-6,9,13H2,1-4H3,(H2,23,24,29)/b22-12-/t18-/m0/s1. The molecule has 8 heteroatoms. The number of nitrogens with one attached hydrogen (secondary N) is 2. The average molecular weight is 417 g/mol. The average Bonchev–Trinajstić information content (AvgIpc) is 3.32. The molecule has 2 N–H and O–H groups in total. The number of ether oxygens (including phenoxy) is 3. The number of thiocarbonyl (C=S) groups is 1. The molecule has 0 aliphatic carbocycles. The van der Waals surface area contributed by atoms with Crippen LogP contribution < -0.4 is 20.2 Å². The zero-order valence-corrected chi connectivity index (χ0v) is 18.1. The van der Waals surface area contributed by atoms with Gasteiger partial charge in [0.15, 0.2) is 16.6 Å². The van der Waals surface area contributed by atoms with Crippen LogP contribution in [0.25, 0.3) is 0 Å². The zero-order chi connectivity index (χ0) is 20.8. The van der Waals surface area contributed by atoms with Gasteiger partial charge in [-0.05, 0) is 57.1 Å². The Kier molecular flexibility index (Phi) is 7.11. The molecule has 1 atom stereocenters. The number of anilines is 1. The molecular formula is C21H28N4O3S. The maximum absolute atomic E-state index is 5.77. The van der Waals surface area contributed by atoms with Gasteiger partial charge in [0.2, 0.25) is 0 Å². The quantitative estimate of drug-likeness (QED) is 0.408. The molecule has 3 rings (SSSR count). The van der Waals surface area contributed by atoms with Crippen LogP contribution in [0.2, 0.25) is 0 Å². The van der Waals surface area contributed by atoms with Crippen LogP contribution in [0.3, 0.4) is 0 Å². The monoisotopic (exact) mass is 416 g/mol.